The minimum Gasteiger partial charge on any atom is -0.493 e. The van der Waals surface area contributed by atoms with Crippen molar-refractivity contribution in [1.82, 2.24) is 0 Å². The molecule has 6 heteroatoms. The lowest BCUT2D eigenvalue weighted by atomic mass is 9.88. The van der Waals surface area contributed by atoms with Crippen LogP contribution < -0.4 is 10.5 Å². The molecule has 0 bridgehead atoms. The third-order valence-electron chi connectivity index (χ3n) is 2.75. The average Bonchev–Trinajstić information content (AvgIpc) is 2.29. The number of nitro groups is 1. The third kappa shape index (κ3) is 3.73. The van der Waals surface area contributed by atoms with Crippen molar-refractivity contribution < 1.29 is 9.66 Å². The van der Waals surface area contributed by atoms with Crippen LogP contribution in [0, 0.1) is 20.9 Å². The van der Waals surface area contributed by atoms with Crippen LogP contribution in [-0.4, -0.2) is 17.4 Å². The zero-order valence-corrected chi connectivity index (χ0v) is 10.5. The highest BCUT2D eigenvalue weighted by atomic mass is 16.6. The summed E-state index contributed by atoms with van der Waals surface area (Å²) in [7, 11) is 0. The van der Waals surface area contributed by atoms with Crippen LogP contribution in [-0.2, 0) is 0 Å². The van der Waals surface area contributed by atoms with Gasteiger partial charge in [0.1, 0.15) is 5.75 Å². The number of nitrogens with two attached hydrogens (primary N) is 1. The van der Waals surface area contributed by atoms with E-state index in [1.165, 1.54) is 12.1 Å². The fraction of sp³-hybridized carbons (Fsp3) is 0.417. The van der Waals surface area contributed by atoms with Crippen molar-refractivity contribution in [3.8, 4) is 5.75 Å². The van der Waals surface area contributed by atoms with Crippen molar-refractivity contribution in [2.45, 2.75) is 20.3 Å². The van der Waals surface area contributed by atoms with Gasteiger partial charge in [-0.2, -0.15) is 0 Å². The van der Waals surface area contributed by atoms with Crippen molar-refractivity contribution in [3.63, 3.8) is 0 Å². The van der Waals surface area contributed by atoms with E-state index in [9.17, 15) is 10.1 Å². The average molecular weight is 251 g/mol. The summed E-state index contributed by atoms with van der Waals surface area (Å²) in [6, 6.07) is 6.02. The molecule has 0 unspecified atom stereocenters. The van der Waals surface area contributed by atoms with Gasteiger partial charge in [0.25, 0.3) is 5.69 Å². The van der Waals surface area contributed by atoms with Gasteiger partial charge in [-0.25, -0.2) is 0 Å². The molecule has 0 fully saturated rings. The summed E-state index contributed by atoms with van der Waals surface area (Å²) in [6.45, 7) is 4.06. The quantitative estimate of drug-likeness (QED) is 0.350. The number of rotatable bonds is 6. The number of nitro benzene ring substituents is 1. The molecular weight excluding hydrogens is 234 g/mol. The van der Waals surface area contributed by atoms with Gasteiger partial charge in [0, 0.05) is 11.5 Å². The van der Waals surface area contributed by atoms with Crippen LogP contribution in [0.25, 0.3) is 0 Å². The molecule has 1 aromatic carbocycles. The molecule has 0 amide bonds. The molecule has 0 aliphatic heterocycles. The molecule has 6 nitrogen and oxygen atoms in total. The lowest BCUT2D eigenvalue weighted by Crippen LogP contribution is -2.32. The SMILES string of the molecule is CC(C)(CCOc1cccc([N+](=O)[O-])c1)C(=N)N. The van der Waals surface area contributed by atoms with Gasteiger partial charge in [-0.3, -0.25) is 15.5 Å². The first-order valence-electron chi connectivity index (χ1n) is 5.55. The third-order valence-corrected chi connectivity index (χ3v) is 2.75. The standard InChI is InChI=1S/C12H17N3O3/c1-12(2,11(13)14)6-7-18-10-5-3-4-9(8-10)15(16)17/h3-5,8H,6-7H2,1-2H3,(H3,13,14). The summed E-state index contributed by atoms with van der Waals surface area (Å²) in [5.41, 5.74) is 5.02. The molecular formula is C12H17N3O3. The Hall–Kier alpha value is -2.11. The predicted octanol–water partition coefficient (Wildman–Crippen LogP) is 2.33. The first-order chi connectivity index (χ1) is 8.33. The topological polar surface area (TPSA) is 102 Å². The number of ether oxygens (including phenoxy) is 1. The second-order valence-corrected chi connectivity index (χ2v) is 4.65. The molecule has 18 heavy (non-hydrogen) atoms. The molecule has 1 aromatic rings. The van der Waals surface area contributed by atoms with E-state index >= 15 is 0 Å². The maximum atomic E-state index is 10.6. The number of nitrogens with zero attached hydrogens (tertiary/aromatic N) is 1. The first-order valence-corrected chi connectivity index (χ1v) is 5.55. The molecule has 0 heterocycles. The van der Waals surface area contributed by atoms with Crippen molar-refractivity contribution in [3.05, 3.63) is 34.4 Å². The Morgan fingerprint density at radius 3 is 2.78 bits per heavy atom. The summed E-state index contributed by atoms with van der Waals surface area (Å²) >= 11 is 0. The first kappa shape index (κ1) is 14.0. The van der Waals surface area contributed by atoms with E-state index in [0.29, 0.717) is 18.8 Å². The Morgan fingerprint density at radius 1 is 1.56 bits per heavy atom. The molecule has 98 valence electrons. The number of amidine groups is 1. The lowest BCUT2D eigenvalue weighted by molar-refractivity contribution is -0.384. The Morgan fingerprint density at radius 2 is 2.22 bits per heavy atom. The van der Waals surface area contributed by atoms with Gasteiger partial charge in [-0.15, -0.1) is 0 Å². The van der Waals surface area contributed by atoms with Gasteiger partial charge in [0.05, 0.1) is 23.4 Å². The number of benzene rings is 1. The minimum atomic E-state index is -0.466. The zero-order chi connectivity index (χ0) is 13.8. The van der Waals surface area contributed by atoms with Gasteiger partial charge in [0.15, 0.2) is 0 Å². The van der Waals surface area contributed by atoms with Crippen LogP contribution in [0.15, 0.2) is 24.3 Å². The molecule has 0 aromatic heterocycles. The number of nitrogens with one attached hydrogen (secondary N) is 1. The lowest BCUT2D eigenvalue weighted by Gasteiger charge is -2.22. The Balaban J connectivity index is 2.57. The van der Waals surface area contributed by atoms with Crippen LogP contribution in [0.5, 0.6) is 5.75 Å². The van der Waals surface area contributed by atoms with Crippen LogP contribution in [0.3, 0.4) is 0 Å². The fourth-order valence-electron chi connectivity index (χ4n) is 1.25. The van der Waals surface area contributed by atoms with E-state index in [1.807, 2.05) is 13.8 Å². The highest BCUT2D eigenvalue weighted by molar-refractivity contribution is 5.82. The number of hydrogen-bond donors (Lipinski definition) is 2. The summed E-state index contributed by atoms with van der Waals surface area (Å²) in [4.78, 5) is 10.1. The maximum absolute atomic E-state index is 10.6. The van der Waals surface area contributed by atoms with Gasteiger partial charge >= 0.3 is 0 Å². The molecule has 3 N–H and O–H groups in total. The molecule has 0 aliphatic rings. The summed E-state index contributed by atoms with van der Waals surface area (Å²) < 4.78 is 5.43. The summed E-state index contributed by atoms with van der Waals surface area (Å²) in [5.74, 6) is 0.550. The van der Waals surface area contributed by atoms with Crippen LogP contribution in [0.1, 0.15) is 20.3 Å². The van der Waals surface area contributed by atoms with Crippen molar-refractivity contribution in [1.29, 1.82) is 5.41 Å². The normalized spacial score (nSPS) is 11.0. The molecule has 0 radical (unpaired) electrons. The highest BCUT2D eigenvalue weighted by Crippen LogP contribution is 2.22. The number of non-ortho nitro benzene ring substituents is 1. The smallest absolute Gasteiger partial charge is 0.273 e. The van der Waals surface area contributed by atoms with E-state index in [-0.39, 0.29) is 11.5 Å². The Kier molecular flexibility index (Phi) is 4.25. The van der Waals surface area contributed by atoms with Crippen molar-refractivity contribution in [2.24, 2.45) is 11.1 Å². The predicted molar refractivity (Wildman–Crippen MR) is 68.9 cm³/mol. The highest BCUT2D eigenvalue weighted by Gasteiger charge is 2.21. The largest absolute Gasteiger partial charge is 0.493 e. The van der Waals surface area contributed by atoms with Crippen LogP contribution in [0.2, 0.25) is 0 Å². The van der Waals surface area contributed by atoms with Crippen LogP contribution in [0.4, 0.5) is 5.69 Å². The van der Waals surface area contributed by atoms with Gasteiger partial charge in [0.2, 0.25) is 0 Å². The molecule has 0 aliphatic carbocycles. The fourth-order valence-corrected chi connectivity index (χ4v) is 1.25. The molecule has 0 spiro atoms. The Bertz CT molecular complexity index is 458. The maximum Gasteiger partial charge on any atom is 0.273 e. The minimum absolute atomic E-state index is 0.00155. The van der Waals surface area contributed by atoms with E-state index in [4.69, 9.17) is 15.9 Å². The summed E-state index contributed by atoms with van der Waals surface area (Å²) in [5, 5.41) is 18.0. The molecule has 0 saturated carbocycles. The second kappa shape index (κ2) is 5.48. The van der Waals surface area contributed by atoms with E-state index in [1.54, 1.807) is 12.1 Å². The molecule has 0 saturated heterocycles. The van der Waals surface area contributed by atoms with E-state index < -0.39 is 10.3 Å². The Labute approximate surface area is 105 Å². The molecule has 1 rings (SSSR count). The molecule has 0 atom stereocenters. The van der Waals surface area contributed by atoms with Gasteiger partial charge in [-0.1, -0.05) is 19.9 Å². The van der Waals surface area contributed by atoms with Crippen LogP contribution >= 0.6 is 0 Å². The summed E-state index contributed by atoms with van der Waals surface area (Å²) in [6.07, 6.45) is 0.574. The van der Waals surface area contributed by atoms with Gasteiger partial charge in [-0.05, 0) is 12.5 Å². The number of hydrogen-bond acceptors (Lipinski definition) is 4. The monoisotopic (exact) mass is 251 g/mol. The van der Waals surface area contributed by atoms with E-state index in [2.05, 4.69) is 0 Å². The van der Waals surface area contributed by atoms with Gasteiger partial charge < -0.3 is 10.5 Å². The van der Waals surface area contributed by atoms with Crippen molar-refractivity contribution in [2.75, 3.05) is 6.61 Å². The second-order valence-electron chi connectivity index (χ2n) is 4.65. The van der Waals surface area contributed by atoms with E-state index in [0.717, 1.165) is 0 Å². The zero-order valence-electron chi connectivity index (χ0n) is 10.5. The van der Waals surface area contributed by atoms with Crippen molar-refractivity contribution >= 4 is 11.5 Å².